The van der Waals surface area contributed by atoms with E-state index in [0.717, 1.165) is 29.3 Å². The Labute approximate surface area is 107 Å². The number of fused-ring (bicyclic) bond motifs is 7. The van der Waals surface area contributed by atoms with E-state index in [9.17, 15) is 0 Å². The van der Waals surface area contributed by atoms with Crippen molar-refractivity contribution in [2.45, 2.75) is 6.54 Å². The van der Waals surface area contributed by atoms with Crippen molar-refractivity contribution in [3.63, 3.8) is 0 Å². The highest BCUT2D eigenvalue weighted by atomic mass is 16.4. The van der Waals surface area contributed by atoms with Crippen LogP contribution in [0.4, 0.5) is 0 Å². The van der Waals surface area contributed by atoms with Gasteiger partial charge < -0.3 is 4.42 Å². The van der Waals surface area contributed by atoms with Crippen molar-refractivity contribution >= 4 is 17.0 Å². The number of hydrogen-bond donors (Lipinski definition) is 0. The molecule has 0 fully saturated rings. The zero-order valence-corrected chi connectivity index (χ0v) is 9.95. The molecule has 0 unspecified atom stereocenters. The first-order valence-electron chi connectivity index (χ1n) is 6.14. The zero-order chi connectivity index (χ0) is 12.4. The molecule has 0 aliphatic carbocycles. The minimum atomic E-state index is 0.684. The molecule has 0 saturated carbocycles. The molecule has 1 aliphatic rings. The molecule has 0 spiro atoms. The van der Waals surface area contributed by atoms with E-state index in [1.807, 2.05) is 36.7 Å². The van der Waals surface area contributed by atoms with Gasteiger partial charge in [0.1, 0.15) is 6.54 Å². The lowest BCUT2D eigenvalue weighted by atomic mass is 10.2. The molecule has 0 N–H and O–H groups in total. The Balaban J connectivity index is 1.94. The number of aromatic nitrogens is 4. The summed E-state index contributed by atoms with van der Waals surface area (Å²) in [5.74, 6) is 0.869. The van der Waals surface area contributed by atoms with Crippen LogP contribution in [0, 0.1) is 0 Å². The Morgan fingerprint density at radius 3 is 3.26 bits per heavy atom. The first-order valence-corrected chi connectivity index (χ1v) is 6.14. The van der Waals surface area contributed by atoms with Crippen LogP contribution in [0.25, 0.3) is 28.5 Å². The predicted molar refractivity (Wildman–Crippen MR) is 67.5 cm³/mol. The second-order valence-electron chi connectivity index (χ2n) is 4.70. The fourth-order valence-electron chi connectivity index (χ4n) is 2.80. The largest absolute Gasteiger partial charge is 0.395 e. The Morgan fingerprint density at radius 1 is 1.26 bits per heavy atom. The van der Waals surface area contributed by atoms with Gasteiger partial charge in [-0.2, -0.15) is 14.0 Å². The van der Waals surface area contributed by atoms with Crippen LogP contribution in [0.1, 0.15) is 5.56 Å². The SMILES string of the molecule is c1ccn2c(c1)nc1oc3[n+](c12)Cc1cnccc1-3. The van der Waals surface area contributed by atoms with Gasteiger partial charge in [0.2, 0.25) is 5.65 Å². The third-order valence-corrected chi connectivity index (χ3v) is 3.63. The molecular formula is C14H9N4O+. The Morgan fingerprint density at radius 2 is 2.26 bits per heavy atom. The van der Waals surface area contributed by atoms with Crippen molar-refractivity contribution in [2.24, 2.45) is 0 Å². The third kappa shape index (κ3) is 1.03. The van der Waals surface area contributed by atoms with Crippen molar-refractivity contribution < 1.29 is 8.98 Å². The van der Waals surface area contributed by atoms with Gasteiger partial charge >= 0.3 is 11.4 Å². The van der Waals surface area contributed by atoms with Crippen LogP contribution in [0.3, 0.4) is 0 Å². The van der Waals surface area contributed by atoms with E-state index in [1.54, 1.807) is 6.20 Å². The number of imidazole rings is 1. The summed E-state index contributed by atoms with van der Waals surface area (Å²) in [5.41, 5.74) is 4.89. The van der Waals surface area contributed by atoms with Gasteiger partial charge in [-0.15, -0.1) is 0 Å². The smallest absolute Gasteiger partial charge is 0.355 e. The number of rotatable bonds is 0. The number of hydrogen-bond acceptors (Lipinski definition) is 3. The van der Waals surface area contributed by atoms with Crippen LogP contribution in [0.15, 0.2) is 47.3 Å². The molecule has 0 aromatic carbocycles. The minimum absolute atomic E-state index is 0.684. The molecular weight excluding hydrogens is 240 g/mol. The lowest BCUT2D eigenvalue weighted by Crippen LogP contribution is -2.31. The van der Waals surface area contributed by atoms with Crippen molar-refractivity contribution in [3.05, 3.63) is 48.4 Å². The van der Waals surface area contributed by atoms with Gasteiger partial charge in [-0.1, -0.05) is 6.07 Å². The molecule has 90 valence electrons. The van der Waals surface area contributed by atoms with Gasteiger partial charge in [-0.25, -0.2) is 0 Å². The highest BCUT2D eigenvalue weighted by molar-refractivity contribution is 5.72. The molecule has 4 aromatic rings. The van der Waals surface area contributed by atoms with Crippen LogP contribution < -0.4 is 4.57 Å². The fourth-order valence-corrected chi connectivity index (χ4v) is 2.80. The van der Waals surface area contributed by atoms with Crippen molar-refractivity contribution in [2.75, 3.05) is 0 Å². The summed E-state index contributed by atoms with van der Waals surface area (Å²) in [6.45, 7) is 0.786. The maximum atomic E-state index is 5.93. The van der Waals surface area contributed by atoms with E-state index < -0.39 is 0 Å². The molecule has 0 bridgehead atoms. The molecule has 5 heteroatoms. The summed E-state index contributed by atoms with van der Waals surface area (Å²) >= 11 is 0. The summed E-state index contributed by atoms with van der Waals surface area (Å²) in [7, 11) is 0. The van der Waals surface area contributed by atoms with Crippen LogP contribution in [0.2, 0.25) is 0 Å². The molecule has 19 heavy (non-hydrogen) atoms. The molecule has 0 radical (unpaired) electrons. The molecule has 1 aliphatic heterocycles. The maximum Gasteiger partial charge on any atom is 0.355 e. The van der Waals surface area contributed by atoms with E-state index in [2.05, 4.69) is 18.9 Å². The second-order valence-corrected chi connectivity index (χ2v) is 4.70. The van der Waals surface area contributed by atoms with Gasteiger partial charge in [0, 0.05) is 24.0 Å². The molecule has 0 saturated heterocycles. The van der Waals surface area contributed by atoms with Crippen LogP contribution in [-0.4, -0.2) is 14.4 Å². The standard InChI is InChI=1S/C14H9N4O/c1-2-6-17-11(3-1)16-12-13(17)18-8-9-7-15-5-4-10(9)14(18)19-12/h1-7H,8H2/q+1. The second kappa shape index (κ2) is 3.00. The molecule has 5 rings (SSSR count). The number of pyridine rings is 2. The summed E-state index contributed by atoms with van der Waals surface area (Å²) in [6.07, 6.45) is 5.70. The van der Waals surface area contributed by atoms with Gasteiger partial charge in [0.15, 0.2) is 0 Å². The van der Waals surface area contributed by atoms with E-state index in [1.165, 1.54) is 5.56 Å². The molecule has 0 atom stereocenters. The molecule has 4 aromatic heterocycles. The topological polar surface area (TPSA) is 47.2 Å². The molecule has 5 heterocycles. The lowest BCUT2D eigenvalue weighted by Gasteiger charge is -1.90. The van der Waals surface area contributed by atoms with Gasteiger partial charge in [-0.05, 0) is 12.1 Å². The number of nitrogens with zero attached hydrogens (tertiary/aromatic N) is 4. The van der Waals surface area contributed by atoms with Crippen LogP contribution in [-0.2, 0) is 6.54 Å². The third-order valence-electron chi connectivity index (χ3n) is 3.63. The van der Waals surface area contributed by atoms with Crippen molar-refractivity contribution in [1.29, 1.82) is 0 Å². The van der Waals surface area contributed by atoms with Gasteiger partial charge in [0.05, 0.1) is 11.8 Å². The quantitative estimate of drug-likeness (QED) is 0.393. The van der Waals surface area contributed by atoms with Crippen molar-refractivity contribution in [3.8, 4) is 11.5 Å². The average Bonchev–Trinajstić information content (AvgIpc) is 3.05. The first-order chi connectivity index (χ1) is 9.42. The monoisotopic (exact) mass is 249 g/mol. The van der Waals surface area contributed by atoms with Crippen molar-refractivity contribution in [1.82, 2.24) is 14.4 Å². The Kier molecular flexibility index (Phi) is 1.46. The Hall–Kier alpha value is -2.69. The van der Waals surface area contributed by atoms with Gasteiger partial charge in [-0.3, -0.25) is 4.98 Å². The predicted octanol–water partition coefficient (Wildman–Crippen LogP) is 1.79. The number of oxazole rings is 1. The summed E-state index contributed by atoms with van der Waals surface area (Å²) in [5, 5.41) is 0. The Bertz CT molecular complexity index is 951. The molecule has 5 nitrogen and oxygen atoms in total. The highest BCUT2D eigenvalue weighted by Crippen LogP contribution is 2.30. The zero-order valence-electron chi connectivity index (χ0n) is 9.95. The summed E-state index contributed by atoms with van der Waals surface area (Å²) < 4.78 is 10.1. The van der Waals surface area contributed by atoms with E-state index in [0.29, 0.717) is 5.71 Å². The summed E-state index contributed by atoms with van der Waals surface area (Å²) in [4.78, 5) is 8.68. The highest BCUT2D eigenvalue weighted by Gasteiger charge is 2.33. The normalized spacial score (nSPS) is 13.1. The minimum Gasteiger partial charge on any atom is -0.395 e. The lowest BCUT2D eigenvalue weighted by molar-refractivity contribution is -0.651. The van der Waals surface area contributed by atoms with E-state index in [4.69, 9.17) is 4.42 Å². The summed E-state index contributed by atoms with van der Waals surface area (Å²) in [6, 6.07) is 7.94. The van der Waals surface area contributed by atoms with Crippen LogP contribution in [0.5, 0.6) is 0 Å². The maximum absolute atomic E-state index is 5.93. The van der Waals surface area contributed by atoms with E-state index >= 15 is 0 Å². The first kappa shape index (κ1) is 9.27. The van der Waals surface area contributed by atoms with Crippen LogP contribution >= 0.6 is 0 Å². The average molecular weight is 249 g/mol. The van der Waals surface area contributed by atoms with Gasteiger partial charge in [0.25, 0.3) is 5.89 Å². The fraction of sp³-hybridized carbons (Fsp3) is 0.0714. The molecule has 0 amide bonds. The van der Waals surface area contributed by atoms with E-state index in [-0.39, 0.29) is 0 Å².